The summed E-state index contributed by atoms with van der Waals surface area (Å²) >= 11 is 0. The minimum absolute atomic E-state index is 0. The number of amides is 1. The van der Waals surface area contributed by atoms with Gasteiger partial charge in [-0.1, -0.05) is 0 Å². The fourth-order valence-corrected chi connectivity index (χ4v) is 2.38. The normalized spacial score (nSPS) is 13.2. The van der Waals surface area contributed by atoms with Gasteiger partial charge in [0.25, 0.3) is 0 Å². The SMILES string of the molecule is COc1cc(C)c(CN(C)C(=O)CNCC2CC2)cc1OC.Cl. The monoisotopic (exact) mass is 342 g/mol. The van der Waals surface area contributed by atoms with Gasteiger partial charge in [-0.3, -0.25) is 4.79 Å². The lowest BCUT2D eigenvalue weighted by Crippen LogP contribution is -2.36. The molecule has 1 amide bonds. The second kappa shape index (κ2) is 8.99. The summed E-state index contributed by atoms with van der Waals surface area (Å²) in [6.45, 7) is 3.94. The molecule has 5 nitrogen and oxygen atoms in total. The van der Waals surface area contributed by atoms with E-state index in [1.54, 1.807) is 19.1 Å². The number of nitrogens with one attached hydrogen (secondary N) is 1. The van der Waals surface area contributed by atoms with Gasteiger partial charge in [0.2, 0.25) is 5.91 Å². The summed E-state index contributed by atoms with van der Waals surface area (Å²) in [6.07, 6.45) is 2.59. The Morgan fingerprint density at radius 2 is 1.87 bits per heavy atom. The van der Waals surface area contributed by atoms with Crippen LogP contribution in [0.4, 0.5) is 0 Å². The molecule has 23 heavy (non-hydrogen) atoms. The number of hydrogen-bond acceptors (Lipinski definition) is 4. The lowest BCUT2D eigenvalue weighted by atomic mass is 10.1. The van der Waals surface area contributed by atoms with Gasteiger partial charge >= 0.3 is 0 Å². The van der Waals surface area contributed by atoms with Crippen LogP contribution in [0.3, 0.4) is 0 Å². The molecule has 0 bridgehead atoms. The number of aryl methyl sites for hydroxylation is 1. The smallest absolute Gasteiger partial charge is 0.236 e. The van der Waals surface area contributed by atoms with Crippen molar-refractivity contribution in [3.63, 3.8) is 0 Å². The molecule has 0 saturated heterocycles. The molecule has 0 unspecified atom stereocenters. The number of carbonyl (C=O) groups excluding carboxylic acids is 1. The third-order valence-electron chi connectivity index (χ3n) is 4.08. The number of likely N-dealkylation sites (N-methyl/N-ethyl adjacent to an activating group) is 1. The minimum atomic E-state index is 0. The molecule has 1 aromatic rings. The largest absolute Gasteiger partial charge is 0.493 e. The number of carbonyl (C=O) groups is 1. The Morgan fingerprint density at radius 1 is 1.26 bits per heavy atom. The number of nitrogens with zero attached hydrogens (tertiary/aromatic N) is 1. The van der Waals surface area contributed by atoms with E-state index >= 15 is 0 Å². The van der Waals surface area contributed by atoms with E-state index in [1.165, 1.54) is 12.8 Å². The number of ether oxygens (including phenoxy) is 2. The quantitative estimate of drug-likeness (QED) is 0.788. The average molecular weight is 343 g/mol. The Balaban J connectivity index is 0.00000264. The maximum absolute atomic E-state index is 12.1. The Bertz CT molecular complexity index is 533. The van der Waals surface area contributed by atoms with E-state index in [0.29, 0.717) is 24.6 Å². The molecule has 0 aliphatic heterocycles. The molecule has 0 spiro atoms. The maximum Gasteiger partial charge on any atom is 0.236 e. The highest BCUT2D eigenvalue weighted by Crippen LogP contribution is 2.30. The summed E-state index contributed by atoms with van der Waals surface area (Å²) < 4.78 is 10.6. The van der Waals surface area contributed by atoms with Crippen molar-refractivity contribution in [3.8, 4) is 11.5 Å². The van der Waals surface area contributed by atoms with Crippen molar-refractivity contribution in [2.24, 2.45) is 5.92 Å². The molecule has 1 fully saturated rings. The van der Waals surface area contributed by atoms with E-state index in [9.17, 15) is 4.79 Å². The summed E-state index contributed by atoms with van der Waals surface area (Å²) in [7, 11) is 5.07. The summed E-state index contributed by atoms with van der Waals surface area (Å²) in [5.74, 6) is 2.29. The summed E-state index contributed by atoms with van der Waals surface area (Å²) in [6, 6.07) is 3.88. The van der Waals surface area contributed by atoms with Crippen LogP contribution in [0.2, 0.25) is 0 Å². The predicted molar refractivity (Wildman–Crippen MR) is 93.6 cm³/mol. The molecule has 6 heteroatoms. The molecule has 130 valence electrons. The van der Waals surface area contributed by atoms with Gasteiger partial charge in [0.15, 0.2) is 11.5 Å². The van der Waals surface area contributed by atoms with Crippen LogP contribution in [0.1, 0.15) is 24.0 Å². The van der Waals surface area contributed by atoms with Crippen molar-refractivity contribution < 1.29 is 14.3 Å². The highest BCUT2D eigenvalue weighted by atomic mass is 35.5. The van der Waals surface area contributed by atoms with E-state index in [1.807, 2.05) is 26.1 Å². The molecule has 1 aromatic carbocycles. The van der Waals surface area contributed by atoms with Gasteiger partial charge in [-0.2, -0.15) is 0 Å². The van der Waals surface area contributed by atoms with E-state index in [0.717, 1.165) is 23.6 Å². The number of benzene rings is 1. The first-order chi connectivity index (χ1) is 10.5. The van der Waals surface area contributed by atoms with Gasteiger partial charge < -0.3 is 19.7 Å². The molecular formula is C17H27ClN2O3. The van der Waals surface area contributed by atoms with Crippen LogP contribution >= 0.6 is 12.4 Å². The molecule has 1 aliphatic rings. The summed E-state index contributed by atoms with van der Waals surface area (Å²) in [5.41, 5.74) is 2.15. The van der Waals surface area contributed by atoms with Crippen LogP contribution in [0, 0.1) is 12.8 Å². The first-order valence-corrected chi connectivity index (χ1v) is 7.71. The van der Waals surface area contributed by atoms with Crippen LogP contribution in [-0.4, -0.2) is 45.2 Å². The third kappa shape index (κ3) is 5.59. The van der Waals surface area contributed by atoms with Crippen molar-refractivity contribution in [1.29, 1.82) is 0 Å². The molecule has 2 rings (SSSR count). The topological polar surface area (TPSA) is 50.8 Å². The Morgan fingerprint density at radius 3 is 2.43 bits per heavy atom. The first-order valence-electron chi connectivity index (χ1n) is 7.71. The third-order valence-corrected chi connectivity index (χ3v) is 4.08. The Labute approximate surface area is 144 Å². The van der Waals surface area contributed by atoms with Crippen molar-refractivity contribution in [1.82, 2.24) is 10.2 Å². The van der Waals surface area contributed by atoms with Crippen molar-refractivity contribution >= 4 is 18.3 Å². The highest BCUT2D eigenvalue weighted by molar-refractivity contribution is 5.85. The van der Waals surface area contributed by atoms with Crippen LogP contribution in [0.15, 0.2) is 12.1 Å². The summed E-state index contributed by atoms with van der Waals surface area (Å²) in [5, 5.41) is 3.23. The van der Waals surface area contributed by atoms with Crippen molar-refractivity contribution in [3.05, 3.63) is 23.3 Å². The van der Waals surface area contributed by atoms with Gasteiger partial charge in [-0.15, -0.1) is 12.4 Å². The van der Waals surface area contributed by atoms with Gasteiger partial charge in [0.1, 0.15) is 0 Å². The number of methoxy groups -OCH3 is 2. The molecule has 0 heterocycles. The number of hydrogen-bond donors (Lipinski definition) is 1. The van der Waals surface area contributed by atoms with Crippen LogP contribution in [-0.2, 0) is 11.3 Å². The van der Waals surface area contributed by atoms with Gasteiger partial charge in [-0.05, 0) is 55.5 Å². The molecule has 1 aliphatic carbocycles. The lowest BCUT2D eigenvalue weighted by Gasteiger charge is -2.20. The molecular weight excluding hydrogens is 316 g/mol. The fraction of sp³-hybridized carbons (Fsp3) is 0.588. The predicted octanol–water partition coefficient (Wildman–Crippen LogP) is 2.39. The molecule has 1 saturated carbocycles. The Kier molecular flexibility index (Phi) is 7.65. The van der Waals surface area contributed by atoms with Gasteiger partial charge in [-0.25, -0.2) is 0 Å². The van der Waals surface area contributed by atoms with E-state index in [4.69, 9.17) is 9.47 Å². The zero-order valence-electron chi connectivity index (χ0n) is 14.3. The standard InChI is InChI=1S/C17H26N2O3.ClH/c1-12-7-15(21-3)16(22-4)8-14(12)11-19(2)17(20)10-18-9-13-5-6-13;/h7-8,13,18H,5-6,9-11H2,1-4H3;1H. The van der Waals surface area contributed by atoms with Gasteiger partial charge in [0.05, 0.1) is 20.8 Å². The van der Waals surface area contributed by atoms with E-state index in [-0.39, 0.29) is 18.3 Å². The minimum Gasteiger partial charge on any atom is -0.493 e. The average Bonchev–Trinajstić information content (AvgIpc) is 3.32. The second-order valence-corrected chi connectivity index (χ2v) is 5.96. The van der Waals surface area contributed by atoms with Crippen LogP contribution in [0.5, 0.6) is 11.5 Å². The van der Waals surface area contributed by atoms with Crippen molar-refractivity contribution in [2.45, 2.75) is 26.3 Å². The van der Waals surface area contributed by atoms with Crippen molar-refractivity contribution in [2.75, 3.05) is 34.4 Å². The first kappa shape index (κ1) is 19.6. The lowest BCUT2D eigenvalue weighted by molar-refractivity contribution is -0.129. The molecule has 0 radical (unpaired) electrons. The van der Waals surface area contributed by atoms with Crippen LogP contribution in [0.25, 0.3) is 0 Å². The molecule has 1 N–H and O–H groups in total. The maximum atomic E-state index is 12.1. The van der Waals surface area contributed by atoms with Gasteiger partial charge in [0, 0.05) is 13.6 Å². The van der Waals surface area contributed by atoms with E-state index in [2.05, 4.69) is 5.32 Å². The zero-order valence-corrected chi connectivity index (χ0v) is 15.2. The molecule has 0 aromatic heterocycles. The molecule has 0 atom stereocenters. The second-order valence-electron chi connectivity index (χ2n) is 5.96. The number of rotatable bonds is 8. The Hall–Kier alpha value is -1.46. The van der Waals surface area contributed by atoms with E-state index < -0.39 is 0 Å². The summed E-state index contributed by atoms with van der Waals surface area (Å²) in [4.78, 5) is 13.9. The highest BCUT2D eigenvalue weighted by Gasteiger charge is 2.21. The number of halogens is 1. The van der Waals surface area contributed by atoms with Crippen LogP contribution < -0.4 is 14.8 Å². The zero-order chi connectivity index (χ0) is 16.1. The fourth-order valence-electron chi connectivity index (χ4n) is 2.38.